The van der Waals surface area contributed by atoms with Crippen molar-refractivity contribution in [3.63, 3.8) is 0 Å². The quantitative estimate of drug-likeness (QED) is 0.902. The molecule has 1 spiro atoms. The monoisotopic (exact) mass is 321 g/mol. The van der Waals surface area contributed by atoms with Gasteiger partial charge in [0.25, 0.3) is 0 Å². The van der Waals surface area contributed by atoms with Crippen LogP contribution >= 0.6 is 11.8 Å². The van der Waals surface area contributed by atoms with E-state index in [1.54, 1.807) is 7.11 Å². The maximum Gasteiger partial charge on any atom is 0.118 e. The van der Waals surface area contributed by atoms with Crippen molar-refractivity contribution in [3.8, 4) is 5.75 Å². The third-order valence-electron chi connectivity index (χ3n) is 4.78. The molecule has 2 heterocycles. The van der Waals surface area contributed by atoms with Gasteiger partial charge in [0.05, 0.1) is 12.7 Å². The Bertz CT molecular complexity index is 470. The highest BCUT2D eigenvalue weighted by Crippen LogP contribution is 2.38. The second kappa shape index (κ2) is 7.24. The fourth-order valence-electron chi connectivity index (χ4n) is 3.61. The van der Waals surface area contributed by atoms with E-state index in [1.165, 1.54) is 29.9 Å². The van der Waals surface area contributed by atoms with Crippen molar-refractivity contribution < 1.29 is 9.47 Å². The van der Waals surface area contributed by atoms with Crippen LogP contribution in [0.2, 0.25) is 0 Å². The first kappa shape index (κ1) is 16.2. The first-order chi connectivity index (χ1) is 10.7. The van der Waals surface area contributed by atoms with Gasteiger partial charge in [-0.1, -0.05) is 12.1 Å². The van der Waals surface area contributed by atoms with Gasteiger partial charge in [-0.15, -0.1) is 0 Å². The van der Waals surface area contributed by atoms with Crippen LogP contribution in [-0.2, 0) is 11.2 Å². The number of hydrogen-bond acceptors (Lipinski definition) is 4. The highest BCUT2D eigenvalue weighted by Gasteiger charge is 2.40. The van der Waals surface area contributed by atoms with E-state index in [4.69, 9.17) is 9.47 Å². The fourth-order valence-corrected chi connectivity index (χ4v) is 4.99. The molecule has 3 nitrogen and oxygen atoms in total. The second-order valence-electron chi connectivity index (χ2n) is 6.64. The van der Waals surface area contributed by atoms with E-state index in [2.05, 4.69) is 24.4 Å². The summed E-state index contributed by atoms with van der Waals surface area (Å²) in [5, 5.41) is 3.83. The third-order valence-corrected chi connectivity index (χ3v) is 6.00. The van der Waals surface area contributed by atoms with E-state index < -0.39 is 0 Å². The lowest BCUT2D eigenvalue weighted by Crippen LogP contribution is -2.49. The van der Waals surface area contributed by atoms with Crippen LogP contribution < -0.4 is 10.1 Å². The van der Waals surface area contributed by atoms with Gasteiger partial charge >= 0.3 is 0 Å². The van der Waals surface area contributed by atoms with Gasteiger partial charge in [0.1, 0.15) is 5.75 Å². The molecule has 122 valence electrons. The SMILES string of the molecule is COc1ccc(C[C@H](C)N[C@@H]2CCO[C@]3(CCSC3)C2)cc1. The summed E-state index contributed by atoms with van der Waals surface area (Å²) in [7, 11) is 1.71. The smallest absolute Gasteiger partial charge is 0.118 e. The number of nitrogens with one attached hydrogen (secondary N) is 1. The van der Waals surface area contributed by atoms with Gasteiger partial charge < -0.3 is 14.8 Å². The fraction of sp³-hybridized carbons (Fsp3) is 0.667. The molecule has 2 saturated heterocycles. The summed E-state index contributed by atoms with van der Waals surface area (Å²) in [5.41, 5.74) is 1.53. The normalized spacial score (nSPS) is 29.6. The molecule has 0 radical (unpaired) electrons. The zero-order chi connectivity index (χ0) is 15.4. The van der Waals surface area contributed by atoms with E-state index in [0.29, 0.717) is 12.1 Å². The minimum atomic E-state index is 0.167. The zero-order valence-electron chi connectivity index (χ0n) is 13.6. The minimum absolute atomic E-state index is 0.167. The van der Waals surface area contributed by atoms with Crippen molar-refractivity contribution in [2.24, 2.45) is 0 Å². The van der Waals surface area contributed by atoms with Crippen LogP contribution in [0.4, 0.5) is 0 Å². The molecule has 0 unspecified atom stereocenters. The van der Waals surface area contributed by atoms with Gasteiger partial charge in [-0.05, 0) is 56.1 Å². The number of benzene rings is 1. The number of ether oxygens (including phenoxy) is 2. The Kier molecular flexibility index (Phi) is 5.32. The average Bonchev–Trinajstić information content (AvgIpc) is 2.95. The standard InChI is InChI=1S/C18H27NO2S/c1-14(11-15-3-5-17(20-2)6-4-15)19-16-7-9-21-18(12-16)8-10-22-13-18/h3-6,14,16,19H,7-13H2,1-2H3/t14-,16+,18+/m0/s1. The second-order valence-corrected chi connectivity index (χ2v) is 7.75. The molecule has 0 bridgehead atoms. The summed E-state index contributed by atoms with van der Waals surface area (Å²) in [5.74, 6) is 3.36. The molecule has 0 aliphatic carbocycles. The van der Waals surface area contributed by atoms with Gasteiger partial charge in [0.2, 0.25) is 0 Å². The molecule has 22 heavy (non-hydrogen) atoms. The first-order valence-electron chi connectivity index (χ1n) is 8.30. The lowest BCUT2D eigenvalue weighted by molar-refractivity contribution is -0.0711. The average molecular weight is 321 g/mol. The zero-order valence-corrected chi connectivity index (χ0v) is 14.5. The Morgan fingerprint density at radius 1 is 1.41 bits per heavy atom. The van der Waals surface area contributed by atoms with Crippen LogP contribution in [-0.4, -0.2) is 42.9 Å². The van der Waals surface area contributed by atoms with E-state index in [1.807, 2.05) is 23.9 Å². The van der Waals surface area contributed by atoms with Crippen LogP contribution in [0.1, 0.15) is 31.7 Å². The predicted molar refractivity (Wildman–Crippen MR) is 92.9 cm³/mol. The summed E-state index contributed by atoms with van der Waals surface area (Å²) in [6.07, 6.45) is 4.60. The molecular formula is C18H27NO2S. The molecule has 1 N–H and O–H groups in total. The predicted octanol–water partition coefficient (Wildman–Crippen LogP) is 3.27. The van der Waals surface area contributed by atoms with Gasteiger partial charge in [0, 0.05) is 24.4 Å². The van der Waals surface area contributed by atoms with Crippen molar-refractivity contribution in [3.05, 3.63) is 29.8 Å². The van der Waals surface area contributed by atoms with E-state index in [-0.39, 0.29) is 5.60 Å². The molecule has 1 aromatic rings. The molecule has 1 aromatic carbocycles. The van der Waals surface area contributed by atoms with E-state index >= 15 is 0 Å². The van der Waals surface area contributed by atoms with Crippen molar-refractivity contribution in [1.82, 2.24) is 5.32 Å². The van der Waals surface area contributed by atoms with Crippen molar-refractivity contribution >= 4 is 11.8 Å². The summed E-state index contributed by atoms with van der Waals surface area (Å²) in [4.78, 5) is 0. The van der Waals surface area contributed by atoms with E-state index in [9.17, 15) is 0 Å². The third kappa shape index (κ3) is 3.98. The lowest BCUT2D eigenvalue weighted by Gasteiger charge is -2.39. The topological polar surface area (TPSA) is 30.5 Å². The highest BCUT2D eigenvalue weighted by molar-refractivity contribution is 7.99. The Balaban J connectivity index is 1.51. The van der Waals surface area contributed by atoms with E-state index in [0.717, 1.165) is 25.2 Å². The van der Waals surface area contributed by atoms with Crippen LogP contribution in [0.15, 0.2) is 24.3 Å². The summed E-state index contributed by atoms with van der Waals surface area (Å²) in [6, 6.07) is 9.50. The summed E-state index contributed by atoms with van der Waals surface area (Å²) < 4.78 is 11.3. The molecule has 0 aromatic heterocycles. The molecule has 2 aliphatic rings. The van der Waals surface area contributed by atoms with Crippen LogP contribution in [0, 0.1) is 0 Å². The highest BCUT2D eigenvalue weighted by atomic mass is 32.2. The molecule has 0 amide bonds. The van der Waals surface area contributed by atoms with Gasteiger partial charge in [0.15, 0.2) is 0 Å². The lowest BCUT2D eigenvalue weighted by atomic mass is 9.89. The van der Waals surface area contributed by atoms with Crippen LogP contribution in [0.25, 0.3) is 0 Å². The van der Waals surface area contributed by atoms with Crippen molar-refractivity contribution in [2.75, 3.05) is 25.2 Å². The van der Waals surface area contributed by atoms with Crippen LogP contribution in [0.5, 0.6) is 5.75 Å². The number of hydrogen-bond donors (Lipinski definition) is 1. The molecule has 2 fully saturated rings. The number of thioether (sulfide) groups is 1. The Hall–Kier alpha value is -0.710. The molecule has 2 aliphatic heterocycles. The maximum absolute atomic E-state index is 6.11. The van der Waals surface area contributed by atoms with Gasteiger partial charge in [-0.3, -0.25) is 0 Å². The van der Waals surface area contributed by atoms with Crippen molar-refractivity contribution in [2.45, 2.75) is 50.3 Å². The Morgan fingerprint density at radius 3 is 2.91 bits per heavy atom. The Morgan fingerprint density at radius 2 is 2.23 bits per heavy atom. The van der Waals surface area contributed by atoms with Gasteiger partial charge in [-0.25, -0.2) is 0 Å². The summed E-state index contributed by atoms with van der Waals surface area (Å²) >= 11 is 2.04. The molecular weight excluding hydrogens is 294 g/mol. The van der Waals surface area contributed by atoms with Crippen molar-refractivity contribution in [1.29, 1.82) is 0 Å². The molecule has 3 rings (SSSR count). The number of methoxy groups -OCH3 is 1. The Labute approximate surface area is 138 Å². The molecule has 0 saturated carbocycles. The maximum atomic E-state index is 6.11. The van der Waals surface area contributed by atoms with Gasteiger partial charge in [-0.2, -0.15) is 11.8 Å². The number of rotatable bonds is 5. The summed E-state index contributed by atoms with van der Waals surface area (Å²) in [6.45, 7) is 3.20. The minimum Gasteiger partial charge on any atom is -0.497 e. The first-order valence-corrected chi connectivity index (χ1v) is 9.45. The largest absolute Gasteiger partial charge is 0.497 e. The molecule has 3 atom stereocenters. The molecule has 4 heteroatoms. The van der Waals surface area contributed by atoms with Crippen LogP contribution in [0.3, 0.4) is 0 Å².